The molecule has 0 atom stereocenters. The number of aliphatic imine (C=N–C) groups is 1. The monoisotopic (exact) mass is 308 g/mol. The molecule has 0 aliphatic carbocycles. The van der Waals surface area contributed by atoms with E-state index in [4.69, 9.17) is 5.84 Å². The SMILES string of the molecule is CC(=O)NCCCCCCN=CNN.Cl.Cl.Cl. The number of amides is 1. The zero-order valence-corrected chi connectivity index (χ0v) is 12.4. The number of rotatable bonds is 8. The molecule has 0 aromatic carbocycles. The lowest BCUT2D eigenvalue weighted by Gasteiger charge is -2.00. The first kappa shape index (κ1) is 25.6. The zero-order valence-electron chi connectivity index (χ0n) is 9.98. The van der Waals surface area contributed by atoms with Crippen LogP contribution < -0.4 is 16.6 Å². The van der Waals surface area contributed by atoms with Gasteiger partial charge in [-0.15, -0.1) is 37.2 Å². The molecular formula is C9H23Cl3N4O. The molecule has 8 heteroatoms. The highest BCUT2D eigenvalue weighted by atomic mass is 35.5. The molecule has 0 aromatic rings. The topological polar surface area (TPSA) is 79.5 Å². The summed E-state index contributed by atoms with van der Waals surface area (Å²) in [6.45, 7) is 3.13. The Morgan fingerprint density at radius 3 is 2.29 bits per heavy atom. The van der Waals surface area contributed by atoms with Gasteiger partial charge >= 0.3 is 0 Å². The Kier molecular flexibility index (Phi) is 31.7. The lowest BCUT2D eigenvalue weighted by atomic mass is 10.2. The van der Waals surface area contributed by atoms with Crippen molar-refractivity contribution < 1.29 is 4.79 Å². The first-order valence-electron chi connectivity index (χ1n) is 4.96. The Bertz CT molecular complexity index is 182. The number of nitrogens with one attached hydrogen (secondary N) is 2. The van der Waals surface area contributed by atoms with E-state index in [9.17, 15) is 4.79 Å². The van der Waals surface area contributed by atoms with E-state index in [1.54, 1.807) is 0 Å². The van der Waals surface area contributed by atoms with Crippen molar-refractivity contribution in [2.45, 2.75) is 32.6 Å². The van der Waals surface area contributed by atoms with Gasteiger partial charge in [-0.25, -0.2) is 5.84 Å². The summed E-state index contributed by atoms with van der Waals surface area (Å²) < 4.78 is 0. The third-order valence-electron chi connectivity index (χ3n) is 1.75. The van der Waals surface area contributed by atoms with E-state index >= 15 is 0 Å². The van der Waals surface area contributed by atoms with Gasteiger partial charge in [0.1, 0.15) is 0 Å². The maximum Gasteiger partial charge on any atom is 0.216 e. The third kappa shape index (κ3) is 25.8. The van der Waals surface area contributed by atoms with Crippen molar-refractivity contribution >= 4 is 49.5 Å². The predicted octanol–water partition coefficient (Wildman–Crippen LogP) is 1.44. The number of halogens is 3. The van der Waals surface area contributed by atoms with Crippen LogP contribution in [0, 0.1) is 0 Å². The number of nitrogens with two attached hydrogens (primary N) is 1. The Labute approximate surface area is 122 Å². The number of nitrogens with zero attached hydrogens (tertiary/aromatic N) is 1. The van der Waals surface area contributed by atoms with Crippen LogP contribution in [0.1, 0.15) is 32.6 Å². The van der Waals surface area contributed by atoms with Gasteiger partial charge in [0, 0.05) is 20.0 Å². The lowest BCUT2D eigenvalue weighted by Crippen LogP contribution is -2.20. The fourth-order valence-corrected chi connectivity index (χ4v) is 1.06. The zero-order chi connectivity index (χ0) is 10.6. The number of hydrogen-bond acceptors (Lipinski definition) is 3. The first-order chi connectivity index (χ1) is 6.77. The Morgan fingerprint density at radius 1 is 1.18 bits per heavy atom. The molecule has 0 radical (unpaired) electrons. The van der Waals surface area contributed by atoms with Gasteiger partial charge in [-0.05, 0) is 12.8 Å². The second-order valence-corrected chi connectivity index (χ2v) is 3.10. The van der Waals surface area contributed by atoms with Crippen molar-refractivity contribution in [1.82, 2.24) is 10.7 Å². The van der Waals surface area contributed by atoms with E-state index in [-0.39, 0.29) is 43.1 Å². The molecular weight excluding hydrogens is 286 g/mol. The summed E-state index contributed by atoms with van der Waals surface area (Å²) in [5.74, 6) is 5.04. The van der Waals surface area contributed by atoms with Crippen LogP contribution in [0.2, 0.25) is 0 Å². The second-order valence-electron chi connectivity index (χ2n) is 3.10. The fraction of sp³-hybridized carbons (Fsp3) is 0.778. The smallest absolute Gasteiger partial charge is 0.216 e. The van der Waals surface area contributed by atoms with Gasteiger partial charge in [0.25, 0.3) is 0 Å². The van der Waals surface area contributed by atoms with E-state index in [0.29, 0.717) is 0 Å². The molecule has 0 aliphatic heterocycles. The highest BCUT2D eigenvalue weighted by molar-refractivity contribution is 5.86. The number of hydrazine groups is 1. The summed E-state index contributed by atoms with van der Waals surface area (Å²) in [5.41, 5.74) is 2.35. The van der Waals surface area contributed by atoms with E-state index < -0.39 is 0 Å². The molecule has 0 fully saturated rings. The van der Waals surface area contributed by atoms with E-state index in [1.165, 1.54) is 13.3 Å². The molecule has 106 valence electrons. The maximum atomic E-state index is 10.5. The van der Waals surface area contributed by atoms with Gasteiger partial charge in [-0.2, -0.15) is 0 Å². The summed E-state index contributed by atoms with van der Waals surface area (Å²) in [5, 5.41) is 2.76. The molecule has 17 heavy (non-hydrogen) atoms. The molecule has 4 N–H and O–H groups in total. The summed E-state index contributed by atoms with van der Waals surface area (Å²) >= 11 is 0. The minimum Gasteiger partial charge on any atom is -0.356 e. The summed E-state index contributed by atoms with van der Waals surface area (Å²) in [6, 6.07) is 0. The number of carbonyl (C=O) groups excluding carboxylic acids is 1. The van der Waals surface area contributed by atoms with Gasteiger partial charge in [0.2, 0.25) is 5.91 Å². The van der Waals surface area contributed by atoms with Gasteiger partial charge in [0.05, 0.1) is 6.34 Å². The van der Waals surface area contributed by atoms with E-state index in [1.807, 2.05) is 0 Å². The van der Waals surface area contributed by atoms with Gasteiger partial charge in [-0.1, -0.05) is 12.8 Å². The van der Waals surface area contributed by atoms with Crippen LogP contribution in [0.3, 0.4) is 0 Å². The average Bonchev–Trinajstić information content (AvgIpc) is 2.15. The molecule has 0 spiro atoms. The average molecular weight is 310 g/mol. The molecule has 0 aromatic heterocycles. The molecule has 0 unspecified atom stereocenters. The van der Waals surface area contributed by atoms with Crippen molar-refractivity contribution in [3.8, 4) is 0 Å². The molecule has 0 heterocycles. The van der Waals surface area contributed by atoms with Gasteiger partial charge < -0.3 is 10.7 Å². The minimum absolute atomic E-state index is 0. The molecule has 1 amide bonds. The standard InChI is InChI=1S/C9H20N4O.3ClH/c1-9(14)12-7-5-3-2-4-6-11-8-13-10;;;/h8H,2-7,10H2,1H3,(H,11,13)(H,12,14);3*1H. The minimum atomic E-state index is 0. The highest BCUT2D eigenvalue weighted by Crippen LogP contribution is 1.98. The summed E-state index contributed by atoms with van der Waals surface area (Å²) in [7, 11) is 0. The lowest BCUT2D eigenvalue weighted by molar-refractivity contribution is -0.118. The highest BCUT2D eigenvalue weighted by Gasteiger charge is 1.91. The second kappa shape index (κ2) is 21.1. The molecule has 5 nitrogen and oxygen atoms in total. The van der Waals surface area contributed by atoms with Gasteiger partial charge in [0.15, 0.2) is 0 Å². The molecule has 0 aliphatic rings. The number of unbranched alkanes of at least 4 members (excludes halogenated alkanes) is 3. The van der Waals surface area contributed by atoms with Crippen LogP contribution in [0.4, 0.5) is 0 Å². The van der Waals surface area contributed by atoms with Crippen LogP contribution >= 0.6 is 37.2 Å². The Balaban J connectivity index is -0.000000282. The Hall–Kier alpha value is -0.230. The predicted molar refractivity (Wildman–Crippen MR) is 79.6 cm³/mol. The van der Waals surface area contributed by atoms with Crippen LogP contribution in [0.15, 0.2) is 4.99 Å². The summed E-state index contributed by atoms with van der Waals surface area (Å²) in [4.78, 5) is 14.5. The van der Waals surface area contributed by atoms with E-state index in [0.717, 1.165) is 38.8 Å². The fourth-order valence-electron chi connectivity index (χ4n) is 1.06. The Morgan fingerprint density at radius 2 is 1.76 bits per heavy atom. The summed E-state index contributed by atoms with van der Waals surface area (Å²) in [6.07, 6.45) is 5.88. The van der Waals surface area contributed by atoms with Crippen molar-refractivity contribution in [3.63, 3.8) is 0 Å². The van der Waals surface area contributed by atoms with Crippen molar-refractivity contribution in [1.29, 1.82) is 0 Å². The third-order valence-corrected chi connectivity index (χ3v) is 1.75. The largest absolute Gasteiger partial charge is 0.356 e. The van der Waals surface area contributed by atoms with Crippen LogP contribution in [0.5, 0.6) is 0 Å². The van der Waals surface area contributed by atoms with Crippen LogP contribution in [-0.2, 0) is 4.79 Å². The molecule has 0 saturated carbocycles. The normalized spacial score (nSPS) is 8.59. The van der Waals surface area contributed by atoms with Crippen molar-refractivity contribution in [3.05, 3.63) is 0 Å². The number of hydrogen-bond donors (Lipinski definition) is 3. The quantitative estimate of drug-likeness (QED) is 0.209. The van der Waals surface area contributed by atoms with Crippen LogP contribution in [-0.4, -0.2) is 25.3 Å². The number of carbonyl (C=O) groups is 1. The van der Waals surface area contributed by atoms with Gasteiger partial charge in [-0.3, -0.25) is 9.79 Å². The van der Waals surface area contributed by atoms with E-state index in [2.05, 4.69) is 15.7 Å². The van der Waals surface area contributed by atoms with Crippen molar-refractivity contribution in [2.75, 3.05) is 13.1 Å². The molecule has 0 saturated heterocycles. The maximum absolute atomic E-state index is 10.5. The molecule has 0 bridgehead atoms. The molecule has 0 rings (SSSR count). The first-order valence-corrected chi connectivity index (χ1v) is 4.96. The van der Waals surface area contributed by atoms with Crippen molar-refractivity contribution in [2.24, 2.45) is 10.8 Å². The van der Waals surface area contributed by atoms with Crippen LogP contribution in [0.25, 0.3) is 0 Å².